The van der Waals surface area contributed by atoms with E-state index in [1.54, 1.807) is 11.8 Å². The summed E-state index contributed by atoms with van der Waals surface area (Å²) in [6.07, 6.45) is -0.743. The molecule has 0 aliphatic carbocycles. The molecule has 1 aliphatic heterocycles. The Morgan fingerprint density at radius 2 is 1.85 bits per heavy atom. The van der Waals surface area contributed by atoms with Gasteiger partial charge in [-0.05, 0) is 27.7 Å². The fourth-order valence-electron chi connectivity index (χ4n) is 2.02. The molecule has 1 amide bonds. The molecule has 0 bridgehead atoms. The molecule has 6 heteroatoms. The second-order valence-corrected chi connectivity index (χ2v) is 6.06. The van der Waals surface area contributed by atoms with Crippen LogP contribution in [0.3, 0.4) is 0 Å². The van der Waals surface area contributed by atoms with Gasteiger partial charge < -0.3 is 19.5 Å². The number of amides is 1. The van der Waals surface area contributed by atoms with Gasteiger partial charge in [0.05, 0.1) is 24.9 Å². The molecule has 0 unspecified atom stereocenters. The van der Waals surface area contributed by atoms with Gasteiger partial charge in [-0.25, -0.2) is 4.79 Å². The predicted molar refractivity (Wildman–Crippen MR) is 76.7 cm³/mol. The maximum atomic E-state index is 11.6. The highest BCUT2D eigenvalue weighted by Crippen LogP contribution is 2.09. The van der Waals surface area contributed by atoms with Gasteiger partial charge in [-0.3, -0.25) is 4.90 Å². The molecule has 0 spiro atoms. The van der Waals surface area contributed by atoms with Crippen molar-refractivity contribution >= 4 is 6.09 Å². The van der Waals surface area contributed by atoms with Crippen molar-refractivity contribution in [2.24, 2.45) is 0 Å². The molecule has 0 radical (unpaired) electrons. The van der Waals surface area contributed by atoms with E-state index in [9.17, 15) is 9.90 Å². The van der Waals surface area contributed by atoms with E-state index in [4.69, 9.17) is 9.47 Å². The minimum Gasteiger partial charge on any atom is -0.450 e. The maximum Gasteiger partial charge on any atom is 0.409 e. The van der Waals surface area contributed by atoms with Crippen molar-refractivity contribution in [1.82, 2.24) is 9.80 Å². The van der Waals surface area contributed by atoms with Crippen LogP contribution in [0.2, 0.25) is 0 Å². The summed E-state index contributed by atoms with van der Waals surface area (Å²) in [4.78, 5) is 15.4. The topological polar surface area (TPSA) is 62.2 Å². The molecule has 1 rings (SSSR count). The fraction of sp³-hybridized carbons (Fsp3) is 0.929. The zero-order valence-electron chi connectivity index (χ0n) is 13.1. The van der Waals surface area contributed by atoms with Gasteiger partial charge >= 0.3 is 6.09 Å². The van der Waals surface area contributed by atoms with E-state index in [1.807, 2.05) is 20.8 Å². The Labute approximate surface area is 121 Å². The monoisotopic (exact) mass is 288 g/mol. The third-order valence-corrected chi connectivity index (χ3v) is 3.08. The van der Waals surface area contributed by atoms with Crippen LogP contribution in [0.15, 0.2) is 0 Å². The van der Waals surface area contributed by atoms with Crippen LogP contribution in [0.5, 0.6) is 0 Å². The van der Waals surface area contributed by atoms with Crippen LogP contribution >= 0.6 is 0 Å². The maximum absolute atomic E-state index is 11.6. The summed E-state index contributed by atoms with van der Waals surface area (Å²) in [6.45, 7) is 11.8. The van der Waals surface area contributed by atoms with Gasteiger partial charge in [0.25, 0.3) is 0 Å². The van der Waals surface area contributed by atoms with Crippen molar-refractivity contribution in [3.8, 4) is 0 Å². The van der Waals surface area contributed by atoms with Crippen LogP contribution in [-0.4, -0.2) is 78.6 Å². The van der Waals surface area contributed by atoms with Gasteiger partial charge in [0, 0.05) is 32.7 Å². The highest BCUT2D eigenvalue weighted by molar-refractivity contribution is 5.67. The Bertz CT molecular complexity index is 296. The summed E-state index contributed by atoms with van der Waals surface area (Å²) in [7, 11) is 0. The quantitative estimate of drug-likeness (QED) is 0.815. The Balaban J connectivity index is 2.23. The van der Waals surface area contributed by atoms with Gasteiger partial charge in [0.15, 0.2) is 0 Å². The van der Waals surface area contributed by atoms with Gasteiger partial charge in [-0.15, -0.1) is 0 Å². The number of ether oxygens (including phenoxy) is 2. The van der Waals surface area contributed by atoms with Crippen molar-refractivity contribution < 1.29 is 19.4 Å². The average molecular weight is 288 g/mol. The minimum atomic E-state index is -0.497. The molecule has 20 heavy (non-hydrogen) atoms. The van der Waals surface area contributed by atoms with E-state index < -0.39 is 6.10 Å². The lowest BCUT2D eigenvalue weighted by Gasteiger charge is -2.35. The molecule has 1 fully saturated rings. The van der Waals surface area contributed by atoms with Crippen molar-refractivity contribution in [2.75, 3.05) is 45.9 Å². The summed E-state index contributed by atoms with van der Waals surface area (Å²) >= 11 is 0. The van der Waals surface area contributed by atoms with Crippen LogP contribution < -0.4 is 0 Å². The van der Waals surface area contributed by atoms with Crippen LogP contribution in [0.25, 0.3) is 0 Å². The summed E-state index contributed by atoms with van der Waals surface area (Å²) in [5.74, 6) is 0. The second-order valence-electron chi connectivity index (χ2n) is 6.06. The number of piperazine rings is 1. The first kappa shape index (κ1) is 17.2. The van der Waals surface area contributed by atoms with E-state index in [2.05, 4.69) is 4.90 Å². The van der Waals surface area contributed by atoms with E-state index in [-0.39, 0.29) is 11.7 Å². The zero-order chi connectivity index (χ0) is 15.2. The van der Waals surface area contributed by atoms with E-state index in [0.717, 1.165) is 13.1 Å². The van der Waals surface area contributed by atoms with Crippen LogP contribution in [0.4, 0.5) is 4.79 Å². The summed E-state index contributed by atoms with van der Waals surface area (Å²) in [6, 6.07) is 0. The Hall–Kier alpha value is -0.850. The molecule has 1 aliphatic rings. The molecule has 0 saturated carbocycles. The molecular weight excluding hydrogens is 260 g/mol. The van der Waals surface area contributed by atoms with Crippen molar-refractivity contribution in [2.45, 2.75) is 39.4 Å². The summed E-state index contributed by atoms with van der Waals surface area (Å²) < 4.78 is 10.5. The van der Waals surface area contributed by atoms with Gasteiger partial charge in [0.1, 0.15) is 0 Å². The second kappa shape index (κ2) is 7.81. The highest BCUT2D eigenvalue weighted by Gasteiger charge is 2.23. The number of nitrogens with zero attached hydrogens (tertiary/aromatic N) is 2. The SMILES string of the molecule is CCOC(=O)N1CCN(C[C@@H](O)COC(C)(C)C)CC1. The zero-order valence-corrected chi connectivity index (χ0v) is 13.1. The number of carbonyl (C=O) groups excluding carboxylic acids is 1. The largest absolute Gasteiger partial charge is 0.450 e. The number of rotatable bonds is 5. The molecule has 0 aromatic rings. The van der Waals surface area contributed by atoms with Crippen molar-refractivity contribution in [1.29, 1.82) is 0 Å². The Morgan fingerprint density at radius 1 is 1.25 bits per heavy atom. The third kappa shape index (κ3) is 6.54. The number of aliphatic hydroxyl groups is 1. The average Bonchev–Trinajstić information content (AvgIpc) is 2.37. The number of hydrogen-bond acceptors (Lipinski definition) is 5. The Morgan fingerprint density at radius 3 is 2.35 bits per heavy atom. The van der Waals surface area contributed by atoms with Gasteiger partial charge in [-0.2, -0.15) is 0 Å². The van der Waals surface area contributed by atoms with Crippen LogP contribution in [0, 0.1) is 0 Å². The fourth-order valence-corrected chi connectivity index (χ4v) is 2.02. The molecule has 1 heterocycles. The molecule has 1 atom stereocenters. The summed E-state index contributed by atoms with van der Waals surface area (Å²) in [5.41, 5.74) is -0.233. The first-order chi connectivity index (χ1) is 9.31. The highest BCUT2D eigenvalue weighted by atomic mass is 16.6. The third-order valence-electron chi connectivity index (χ3n) is 3.08. The number of aliphatic hydroxyl groups excluding tert-OH is 1. The molecular formula is C14H28N2O4. The molecule has 0 aromatic carbocycles. The lowest BCUT2D eigenvalue weighted by molar-refractivity contribution is -0.0583. The van der Waals surface area contributed by atoms with Crippen LogP contribution in [0.1, 0.15) is 27.7 Å². The first-order valence-corrected chi connectivity index (χ1v) is 7.28. The molecule has 6 nitrogen and oxygen atoms in total. The normalized spacial score (nSPS) is 18.9. The van der Waals surface area contributed by atoms with Crippen molar-refractivity contribution in [3.63, 3.8) is 0 Å². The number of β-amino-alcohol motifs (C(OH)–C–C–N with tert-alkyl or cyclic N) is 1. The van der Waals surface area contributed by atoms with Gasteiger partial charge in [-0.1, -0.05) is 0 Å². The van der Waals surface area contributed by atoms with Crippen molar-refractivity contribution in [3.05, 3.63) is 0 Å². The lowest BCUT2D eigenvalue weighted by atomic mass is 10.2. The number of hydrogen-bond donors (Lipinski definition) is 1. The Kier molecular flexibility index (Phi) is 6.71. The van der Waals surface area contributed by atoms with E-state index in [0.29, 0.717) is 32.8 Å². The van der Waals surface area contributed by atoms with Gasteiger partial charge in [0.2, 0.25) is 0 Å². The lowest BCUT2D eigenvalue weighted by Crippen LogP contribution is -2.51. The minimum absolute atomic E-state index is 0.233. The smallest absolute Gasteiger partial charge is 0.409 e. The molecule has 118 valence electrons. The first-order valence-electron chi connectivity index (χ1n) is 7.28. The summed E-state index contributed by atoms with van der Waals surface area (Å²) in [5, 5.41) is 9.95. The molecule has 0 aromatic heterocycles. The standard InChI is InChI=1S/C14H28N2O4/c1-5-19-13(18)16-8-6-15(7-9-16)10-12(17)11-20-14(2,3)4/h12,17H,5-11H2,1-4H3/t12-/m1/s1. The molecule has 1 N–H and O–H groups in total. The van der Waals surface area contributed by atoms with E-state index >= 15 is 0 Å². The molecule has 1 saturated heterocycles. The number of carbonyl (C=O) groups is 1. The van der Waals surface area contributed by atoms with E-state index in [1.165, 1.54) is 0 Å². The predicted octanol–water partition coefficient (Wildman–Crippen LogP) is 0.936. The van der Waals surface area contributed by atoms with Crippen LogP contribution in [-0.2, 0) is 9.47 Å².